The van der Waals surface area contributed by atoms with Crippen molar-refractivity contribution in [1.82, 2.24) is 19.6 Å². The normalized spacial score (nSPS) is 30.4. The minimum atomic E-state index is 0. The highest BCUT2D eigenvalue weighted by Gasteiger charge is 2.40. The molecule has 0 spiro atoms. The molecule has 3 saturated heterocycles. The number of piperidine rings is 2. The number of hydrogen-bond acceptors (Lipinski definition) is 4. The van der Waals surface area contributed by atoms with E-state index in [1.807, 2.05) is 0 Å². The van der Waals surface area contributed by atoms with E-state index in [2.05, 4.69) is 82.3 Å². The van der Waals surface area contributed by atoms with Crippen LogP contribution in [-0.2, 0) is 0 Å². The predicted molar refractivity (Wildman–Crippen MR) is 125 cm³/mol. The van der Waals surface area contributed by atoms with Crippen LogP contribution >= 0.6 is 0 Å². The molecule has 3 atom stereocenters. The van der Waals surface area contributed by atoms with Crippen molar-refractivity contribution >= 4 is 0 Å². The van der Waals surface area contributed by atoms with Crippen molar-refractivity contribution in [2.45, 2.75) is 97.8 Å². The molecule has 3 aliphatic heterocycles. The molecule has 168 valence electrons. The zero-order chi connectivity index (χ0) is 20.4. The van der Waals surface area contributed by atoms with Gasteiger partial charge in [0.25, 0.3) is 0 Å². The van der Waals surface area contributed by atoms with Crippen LogP contribution in [0.1, 0.15) is 74.7 Å². The number of likely N-dealkylation sites (N-methyl/N-ethyl adjacent to an activating group) is 2. The van der Waals surface area contributed by atoms with E-state index in [1.54, 1.807) is 0 Å². The predicted octanol–water partition coefficient (Wildman–Crippen LogP) is 4.26. The first-order valence-electron chi connectivity index (χ1n) is 11.3. The standard InChI is InChI=1S/C12H24N2.C11H24N2.CH4/c1-12(2,3)14-8-10-6-5-7-13(4)11(10)9-14;1-11(2,3)13-8-6-7-10(9-13)12(4)5;/h10-11H,5-9H2,1-4H3;10H,6-9H2,1-5H3;1H4. The van der Waals surface area contributed by atoms with E-state index in [4.69, 9.17) is 0 Å². The zero-order valence-electron chi connectivity index (χ0n) is 19.9. The molecule has 0 radical (unpaired) electrons. The van der Waals surface area contributed by atoms with Crippen LogP contribution in [-0.4, -0.2) is 96.6 Å². The smallest absolute Gasteiger partial charge is 0.0260 e. The number of likely N-dealkylation sites (tertiary alicyclic amines) is 3. The lowest BCUT2D eigenvalue weighted by atomic mass is 9.93. The van der Waals surface area contributed by atoms with E-state index in [0.717, 1.165) is 18.0 Å². The maximum Gasteiger partial charge on any atom is 0.0260 e. The summed E-state index contributed by atoms with van der Waals surface area (Å²) in [5.74, 6) is 0.938. The fraction of sp³-hybridized carbons (Fsp3) is 1.00. The molecule has 0 N–H and O–H groups in total. The summed E-state index contributed by atoms with van der Waals surface area (Å²) in [6.07, 6.45) is 5.55. The summed E-state index contributed by atoms with van der Waals surface area (Å²) in [5, 5.41) is 0. The Bertz CT molecular complexity index is 449. The second-order valence-corrected chi connectivity index (χ2v) is 11.4. The Morgan fingerprint density at radius 1 is 0.750 bits per heavy atom. The van der Waals surface area contributed by atoms with Crippen LogP contribution in [0.4, 0.5) is 0 Å². The molecule has 3 rings (SSSR count). The van der Waals surface area contributed by atoms with Gasteiger partial charge in [0.15, 0.2) is 0 Å². The van der Waals surface area contributed by atoms with Crippen molar-refractivity contribution in [3.63, 3.8) is 0 Å². The van der Waals surface area contributed by atoms with Gasteiger partial charge >= 0.3 is 0 Å². The first-order chi connectivity index (χ1) is 12.4. The van der Waals surface area contributed by atoms with Crippen LogP contribution in [0.3, 0.4) is 0 Å². The Kier molecular flexibility index (Phi) is 9.46. The molecule has 0 aromatic rings. The van der Waals surface area contributed by atoms with E-state index >= 15 is 0 Å². The van der Waals surface area contributed by atoms with Gasteiger partial charge in [0.1, 0.15) is 0 Å². The highest BCUT2D eigenvalue weighted by molar-refractivity contribution is 4.96. The first-order valence-corrected chi connectivity index (χ1v) is 11.3. The summed E-state index contributed by atoms with van der Waals surface area (Å²) < 4.78 is 0. The lowest BCUT2D eigenvalue weighted by Gasteiger charge is -2.43. The Hall–Kier alpha value is -0.160. The second-order valence-electron chi connectivity index (χ2n) is 11.4. The molecular weight excluding hydrogens is 344 g/mol. The van der Waals surface area contributed by atoms with Crippen LogP contribution in [0, 0.1) is 5.92 Å². The van der Waals surface area contributed by atoms with Crippen LogP contribution in [0.5, 0.6) is 0 Å². The molecule has 0 aromatic carbocycles. The average molecular weight is 397 g/mol. The molecule has 0 saturated carbocycles. The molecule has 4 heteroatoms. The van der Waals surface area contributed by atoms with Gasteiger partial charge in [-0.2, -0.15) is 0 Å². The van der Waals surface area contributed by atoms with Gasteiger partial charge in [0, 0.05) is 42.8 Å². The number of nitrogens with zero attached hydrogens (tertiary/aromatic N) is 4. The molecule has 0 bridgehead atoms. The summed E-state index contributed by atoms with van der Waals surface area (Å²) in [6, 6.07) is 1.59. The minimum absolute atomic E-state index is 0. The lowest BCUT2D eigenvalue weighted by molar-refractivity contribution is 0.0616. The Morgan fingerprint density at radius 3 is 1.82 bits per heavy atom. The first kappa shape index (κ1) is 25.9. The van der Waals surface area contributed by atoms with Gasteiger partial charge in [-0.25, -0.2) is 0 Å². The number of hydrogen-bond donors (Lipinski definition) is 0. The van der Waals surface area contributed by atoms with Gasteiger partial charge in [0.2, 0.25) is 0 Å². The molecule has 3 fully saturated rings. The van der Waals surface area contributed by atoms with Crippen molar-refractivity contribution in [3.05, 3.63) is 0 Å². The molecule has 0 aromatic heterocycles. The van der Waals surface area contributed by atoms with Gasteiger partial charge in [-0.05, 0) is 107 Å². The summed E-state index contributed by atoms with van der Waals surface area (Å²) >= 11 is 0. The van der Waals surface area contributed by atoms with Crippen molar-refractivity contribution in [2.75, 3.05) is 53.9 Å². The Labute approximate surface area is 177 Å². The lowest BCUT2D eigenvalue weighted by Crippen LogP contribution is -2.52. The summed E-state index contributed by atoms with van der Waals surface area (Å²) in [4.78, 5) is 10.2. The van der Waals surface area contributed by atoms with E-state index in [-0.39, 0.29) is 7.43 Å². The number of fused-ring (bicyclic) bond motifs is 1. The highest BCUT2D eigenvalue weighted by atomic mass is 15.3. The van der Waals surface area contributed by atoms with Crippen LogP contribution in [0.15, 0.2) is 0 Å². The fourth-order valence-electron chi connectivity index (χ4n) is 4.94. The van der Waals surface area contributed by atoms with Crippen LogP contribution in [0.25, 0.3) is 0 Å². The molecular formula is C24H52N4. The summed E-state index contributed by atoms with van der Waals surface area (Å²) in [7, 11) is 6.68. The molecule has 0 amide bonds. The summed E-state index contributed by atoms with van der Waals surface area (Å²) in [5.41, 5.74) is 0.701. The van der Waals surface area contributed by atoms with Crippen molar-refractivity contribution in [1.29, 1.82) is 0 Å². The Balaban J connectivity index is 0.000000271. The maximum absolute atomic E-state index is 2.66. The second kappa shape index (κ2) is 10.2. The van der Waals surface area contributed by atoms with Gasteiger partial charge in [-0.3, -0.25) is 9.80 Å². The van der Waals surface area contributed by atoms with Crippen molar-refractivity contribution < 1.29 is 0 Å². The van der Waals surface area contributed by atoms with E-state index in [1.165, 1.54) is 58.4 Å². The monoisotopic (exact) mass is 396 g/mol. The minimum Gasteiger partial charge on any atom is -0.305 e. The molecule has 3 unspecified atom stereocenters. The molecule has 28 heavy (non-hydrogen) atoms. The molecule has 3 heterocycles. The highest BCUT2D eigenvalue weighted by Crippen LogP contribution is 2.33. The summed E-state index contributed by atoms with van der Waals surface area (Å²) in [6.45, 7) is 20.4. The van der Waals surface area contributed by atoms with Gasteiger partial charge in [0.05, 0.1) is 0 Å². The van der Waals surface area contributed by atoms with E-state index in [0.29, 0.717) is 11.1 Å². The van der Waals surface area contributed by atoms with Crippen molar-refractivity contribution in [3.8, 4) is 0 Å². The quantitative estimate of drug-likeness (QED) is 0.656. The average Bonchev–Trinajstić information content (AvgIpc) is 3.01. The van der Waals surface area contributed by atoms with Crippen LogP contribution in [0.2, 0.25) is 0 Å². The van der Waals surface area contributed by atoms with Gasteiger partial charge in [-0.1, -0.05) is 7.43 Å². The topological polar surface area (TPSA) is 13.0 Å². The third-order valence-corrected chi connectivity index (χ3v) is 7.08. The fourth-order valence-corrected chi connectivity index (χ4v) is 4.94. The van der Waals surface area contributed by atoms with Crippen LogP contribution < -0.4 is 0 Å². The molecule has 4 nitrogen and oxygen atoms in total. The number of rotatable bonds is 1. The van der Waals surface area contributed by atoms with Gasteiger partial charge in [-0.15, -0.1) is 0 Å². The largest absolute Gasteiger partial charge is 0.305 e. The molecule has 3 aliphatic rings. The molecule has 0 aliphatic carbocycles. The SMILES string of the molecule is C.CN(C)C1CCCN(C(C)(C)C)C1.CN1CCCC2CN(C(C)(C)C)CC21. The third kappa shape index (κ3) is 6.97. The van der Waals surface area contributed by atoms with E-state index < -0.39 is 0 Å². The zero-order valence-corrected chi connectivity index (χ0v) is 19.9. The third-order valence-electron chi connectivity index (χ3n) is 7.08. The maximum atomic E-state index is 2.66. The van der Waals surface area contributed by atoms with E-state index in [9.17, 15) is 0 Å². The van der Waals surface area contributed by atoms with Crippen molar-refractivity contribution in [2.24, 2.45) is 5.92 Å². The van der Waals surface area contributed by atoms with Gasteiger partial charge < -0.3 is 9.80 Å². The Morgan fingerprint density at radius 2 is 1.32 bits per heavy atom.